The van der Waals surface area contributed by atoms with E-state index in [0.717, 1.165) is 6.07 Å². The van der Waals surface area contributed by atoms with Gasteiger partial charge in [0.2, 0.25) is 11.9 Å². The van der Waals surface area contributed by atoms with Gasteiger partial charge < -0.3 is 15.5 Å². The summed E-state index contributed by atoms with van der Waals surface area (Å²) in [5.74, 6) is -1.66. The van der Waals surface area contributed by atoms with Gasteiger partial charge in [-0.15, -0.1) is 0 Å². The van der Waals surface area contributed by atoms with Gasteiger partial charge in [-0.05, 0) is 37.1 Å². The number of pyridine rings is 1. The van der Waals surface area contributed by atoms with Gasteiger partial charge >= 0.3 is 0 Å². The number of hydrogen-bond acceptors (Lipinski definition) is 4. The van der Waals surface area contributed by atoms with E-state index in [1.165, 1.54) is 31.4 Å². The van der Waals surface area contributed by atoms with Crippen molar-refractivity contribution in [3.05, 3.63) is 59.9 Å². The Morgan fingerprint density at radius 3 is 2.52 bits per heavy atom. The Balaban J connectivity index is 1.76. The van der Waals surface area contributed by atoms with E-state index >= 15 is 0 Å². The normalized spacial score (nSPS) is 15.9. The number of likely N-dealkylation sites (tertiary alicyclic amines) is 1. The molecule has 1 aliphatic heterocycles. The van der Waals surface area contributed by atoms with Crippen LogP contribution in [-0.2, 0) is 4.79 Å². The SMILES string of the molecule is CNC(=O)C1(Nc2cccc(F)c2)CCN(C(=O)c2ccnc(F)c2)CC1. The van der Waals surface area contributed by atoms with Gasteiger partial charge in [0, 0.05) is 43.7 Å². The average Bonchev–Trinajstić information content (AvgIpc) is 2.67. The molecule has 0 atom stereocenters. The first-order chi connectivity index (χ1) is 12.9. The molecule has 0 unspecified atom stereocenters. The van der Waals surface area contributed by atoms with Crippen LogP contribution < -0.4 is 10.6 Å². The molecule has 0 radical (unpaired) electrons. The van der Waals surface area contributed by atoms with Crippen LogP contribution in [0.1, 0.15) is 23.2 Å². The van der Waals surface area contributed by atoms with E-state index in [-0.39, 0.29) is 17.4 Å². The van der Waals surface area contributed by atoms with E-state index < -0.39 is 17.3 Å². The van der Waals surface area contributed by atoms with Crippen molar-refractivity contribution in [3.63, 3.8) is 0 Å². The first-order valence-corrected chi connectivity index (χ1v) is 8.60. The van der Waals surface area contributed by atoms with Gasteiger partial charge in [0.1, 0.15) is 11.4 Å². The molecule has 0 spiro atoms. The van der Waals surface area contributed by atoms with Crippen LogP contribution in [0.4, 0.5) is 14.5 Å². The first kappa shape index (κ1) is 18.8. The zero-order valence-electron chi connectivity index (χ0n) is 14.8. The number of carbonyl (C=O) groups excluding carboxylic acids is 2. The zero-order chi connectivity index (χ0) is 19.4. The molecule has 1 aromatic carbocycles. The summed E-state index contributed by atoms with van der Waals surface area (Å²) in [4.78, 5) is 30.1. The number of halogens is 2. The van der Waals surface area contributed by atoms with Gasteiger partial charge in [-0.3, -0.25) is 9.59 Å². The predicted molar refractivity (Wildman–Crippen MR) is 96.2 cm³/mol. The minimum atomic E-state index is -0.956. The van der Waals surface area contributed by atoms with Crippen LogP contribution in [0, 0.1) is 11.8 Å². The van der Waals surface area contributed by atoms with Crippen LogP contribution in [0.15, 0.2) is 42.6 Å². The summed E-state index contributed by atoms with van der Waals surface area (Å²) < 4.78 is 26.8. The average molecular weight is 374 g/mol. The Kier molecular flexibility index (Phi) is 5.34. The van der Waals surface area contributed by atoms with Crippen molar-refractivity contribution in [2.24, 2.45) is 0 Å². The second-order valence-corrected chi connectivity index (χ2v) is 6.46. The summed E-state index contributed by atoms with van der Waals surface area (Å²) in [6.45, 7) is 0.608. The molecule has 1 aliphatic rings. The fourth-order valence-electron chi connectivity index (χ4n) is 3.30. The van der Waals surface area contributed by atoms with Crippen molar-refractivity contribution in [1.82, 2.24) is 15.2 Å². The standard InChI is InChI=1S/C19H20F2N4O2/c1-22-18(27)19(24-15-4-2-3-14(20)12-15)6-9-25(10-7-19)17(26)13-5-8-23-16(21)11-13/h2-5,8,11-12,24H,6-7,9-10H2,1H3,(H,22,27). The minimum absolute atomic E-state index is 0.216. The fourth-order valence-corrected chi connectivity index (χ4v) is 3.30. The molecule has 27 heavy (non-hydrogen) atoms. The molecule has 0 aliphatic carbocycles. The molecule has 2 N–H and O–H groups in total. The lowest BCUT2D eigenvalue weighted by Gasteiger charge is -2.41. The maximum absolute atomic E-state index is 13.5. The van der Waals surface area contributed by atoms with Crippen LogP contribution in [0.2, 0.25) is 0 Å². The lowest BCUT2D eigenvalue weighted by molar-refractivity contribution is -0.126. The van der Waals surface area contributed by atoms with Crippen molar-refractivity contribution >= 4 is 17.5 Å². The summed E-state index contributed by atoms with van der Waals surface area (Å²) in [6, 6.07) is 8.44. The highest BCUT2D eigenvalue weighted by atomic mass is 19.1. The summed E-state index contributed by atoms with van der Waals surface area (Å²) in [5, 5.41) is 5.77. The first-order valence-electron chi connectivity index (χ1n) is 8.60. The van der Waals surface area contributed by atoms with Gasteiger partial charge in [-0.1, -0.05) is 6.07 Å². The van der Waals surface area contributed by atoms with Crippen molar-refractivity contribution in [3.8, 4) is 0 Å². The van der Waals surface area contributed by atoms with Gasteiger partial charge in [0.05, 0.1) is 0 Å². The summed E-state index contributed by atoms with van der Waals surface area (Å²) in [6.07, 6.45) is 1.91. The maximum atomic E-state index is 13.5. The quantitative estimate of drug-likeness (QED) is 0.805. The number of benzene rings is 1. The van der Waals surface area contributed by atoms with E-state index in [0.29, 0.717) is 31.6 Å². The third kappa shape index (κ3) is 4.05. The second kappa shape index (κ2) is 7.69. The number of rotatable bonds is 4. The molecular formula is C19H20F2N4O2. The monoisotopic (exact) mass is 374 g/mol. The van der Waals surface area contributed by atoms with E-state index in [1.807, 2.05) is 0 Å². The molecule has 142 valence electrons. The number of hydrogen-bond donors (Lipinski definition) is 2. The number of carbonyl (C=O) groups is 2. The molecule has 1 saturated heterocycles. The Labute approximate surface area is 155 Å². The van der Waals surface area contributed by atoms with Crippen molar-refractivity contribution in [2.45, 2.75) is 18.4 Å². The molecule has 8 heteroatoms. The van der Waals surface area contributed by atoms with E-state index in [4.69, 9.17) is 0 Å². The van der Waals surface area contributed by atoms with Gasteiger partial charge in [0.15, 0.2) is 0 Å². The smallest absolute Gasteiger partial charge is 0.254 e. The molecule has 1 fully saturated rings. The number of nitrogens with one attached hydrogen (secondary N) is 2. The number of anilines is 1. The maximum Gasteiger partial charge on any atom is 0.254 e. The largest absolute Gasteiger partial charge is 0.371 e. The van der Waals surface area contributed by atoms with Gasteiger partial charge in [-0.25, -0.2) is 9.37 Å². The van der Waals surface area contributed by atoms with Crippen LogP contribution in [0.5, 0.6) is 0 Å². The predicted octanol–water partition coefficient (Wildman–Crippen LogP) is 2.19. The van der Waals surface area contributed by atoms with Crippen LogP contribution >= 0.6 is 0 Å². The second-order valence-electron chi connectivity index (χ2n) is 6.46. The Morgan fingerprint density at radius 2 is 1.89 bits per heavy atom. The molecular weight excluding hydrogens is 354 g/mol. The van der Waals surface area contributed by atoms with Crippen LogP contribution in [0.25, 0.3) is 0 Å². The van der Waals surface area contributed by atoms with Crippen LogP contribution in [0.3, 0.4) is 0 Å². The molecule has 0 bridgehead atoms. The molecule has 2 heterocycles. The van der Waals surface area contributed by atoms with Crippen molar-refractivity contribution in [1.29, 1.82) is 0 Å². The number of likely N-dealkylation sites (N-methyl/N-ethyl adjacent to an activating group) is 1. The number of piperidine rings is 1. The zero-order valence-corrected chi connectivity index (χ0v) is 14.8. The number of nitrogens with zero attached hydrogens (tertiary/aromatic N) is 2. The topological polar surface area (TPSA) is 74.3 Å². The number of amides is 2. The molecule has 1 aromatic heterocycles. The third-order valence-corrected chi connectivity index (χ3v) is 4.75. The number of aromatic nitrogens is 1. The van der Waals surface area contributed by atoms with E-state index in [2.05, 4.69) is 15.6 Å². The van der Waals surface area contributed by atoms with E-state index in [9.17, 15) is 18.4 Å². The molecule has 2 amide bonds. The third-order valence-electron chi connectivity index (χ3n) is 4.75. The minimum Gasteiger partial charge on any atom is -0.371 e. The fraction of sp³-hybridized carbons (Fsp3) is 0.316. The van der Waals surface area contributed by atoms with E-state index in [1.54, 1.807) is 17.0 Å². The summed E-state index contributed by atoms with van der Waals surface area (Å²) in [7, 11) is 1.54. The van der Waals surface area contributed by atoms with Crippen LogP contribution in [-0.4, -0.2) is 47.4 Å². The molecule has 2 aromatic rings. The Hall–Kier alpha value is -3.03. The Bertz CT molecular complexity index is 851. The highest BCUT2D eigenvalue weighted by Gasteiger charge is 2.42. The van der Waals surface area contributed by atoms with Crippen molar-refractivity contribution in [2.75, 3.05) is 25.5 Å². The highest BCUT2D eigenvalue weighted by molar-refractivity contribution is 5.95. The van der Waals surface area contributed by atoms with Crippen molar-refractivity contribution < 1.29 is 18.4 Å². The Morgan fingerprint density at radius 1 is 1.15 bits per heavy atom. The summed E-state index contributed by atoms with van der Waals surface area (Å²) >= 11 is 0. The molecule has 0 saturated carbocycles. The molecule has 3 rings (SSSR count). The highest BCUT2D eigenvalue weighted by Crippen LogP contribution is 2.28. The van der Waals surface area contributed by atoms with Gasteiger partial charge in [0.25, 0.3) is 5.91 Å². The van der Waals surface area contributed by atoms with Gasteiger partial charge in [-0.2, -0.15) is 4.39 Å². The summed E-state index contributed by atoms with van der Waals surface area (Å²) in [5.41, 5.74) is -0.245. The molecule has 6 nitrogen and oxygen atoms in total. The lowest BCUT2D eigenvalue weighted by Crippen LogP contribution is -2.58. The lowest BCUT2D eigenvalue weighted by atomic mass is 9.85.